The predicted octanol–water partition coefficient (Wildman–Crippen LogP) is 5.54. The molecule has 30 heavy (non-hydrogen) atoms. The first-order valence-electron chi connectivity index (χ1n) is 12.0. The van der Waals surface area contributed by atoms with E-state index in [0.717, 1.165) is 73.3 Å². The molecule has 3 N–H and O–H groups in total. The number of rotatable bonds is 5. The lowest BCUT2D eigenvalue weighted by Crippen LogP contribution is -2.51. The second-order valence-electron chi connectivity index (χ2n) is 11.5. The molecule has 4 bridgehead atoms. The molecule has 4 nitrogen and oxygen atoms in total. The molecule has 5 heteroatoms. The minimum absolute atomic E-state index is 0.160. The Hall–Kier alpha value is -1.36. The largest absolute Gasteiger partial charge is 0.365 e. The molecule has 1 aromatic heterocycles. The predicted molar refractivity (Wildman–Crippen MR) is 122 cm³/mol. The molecule has 0 saturated heterocycles. The van der Waals surface area contributed by atoms with E-state index in [4.69, 9.17) is 5.73 Å². The number of hydrogen-bond donors (Lipinski definition) is 2. The van der Waals surface area contributed by atoms with Gasteiger partial charge >= 0.3 is 0 Å². The average Bonchev–Trinajstić information content (AvgIpc) is 3.04. The van der Waals surface area contributed by atoms with Crippen LogP contribution in [-0.2, 0) is 17.6 Å². The highest BCUT2D eigenvalue weighted by Crippen LogP contribution is 2.60. The first kappa shape index (κ1) is 20.5. The number of primary amides is 1. The summed E-state index contributed by atoms with van der Waals surface area (Å²) in [5.74, 6) is 2.57. The molecule has 5 aliphatic carbocycles. The van der Waals surface area contributed by atoms with E-state index in [9.17, 15) is 9.59 Å². The van der Waals surface area contributed by atoms with Gasteiger partial charge in [-0.25, -0.2) is 0 Å². The van der Waals surface area contributed by atoms with Gasteiger partial charge in [-0.3, -0.25) is 9.59 Å². The van der Waals surface area contributed by atoms with Crippen molar-refractivity contribution in [1.29, 1.82) is 0 Å². The number of carbonyl (C=O) groups excluding carboxylic acids is 2. The molecule has 1 atom stereocenters. The van der Waals surface area contributed by atoms with Crippen LogP contribution >= 0.6 is 11.3 Å². The summed E-state index contributed by atoms with van der Waals surface area (Å²) >= 11 is 1.62. The number of carbonyl (C=O) groups is 2. The van der Waals surface area contributed by atoms with Crippen LogP contribution in [-0.4, -0.2) is 11.8 Å². The fourth-order valence-corrected chi connectivity index (χ4v) is 8.84. The van der Waals surface area contributed by atoms with Crippen LogP contribution in [0.2, 0.25) is 0 Å². The zero-order valence-electron chi connectivity index (χ0n) is 18.7. The van der Waals surface area contributed by atoms with E-state index in [1.165, 1.54) is 24.1 Å². The molecule has 2 amide bonds. The van der Waals surface area contributed by atoms with Crippen molar-refractivity contribution in [3.63, 3.8) is 0 Å². The minimum atomic E-state index is -0.387. The van der Waals surface area contributed by atoms with E-state index >= 15 is 0 Å². The molecule has 0 spiro atoms. The maximum Gasteiger partial charge on any atom is 0.251 e. The van der Waals surface area contributed by atoms with Gasteiger partial charge in [0.2, 0.25) is 5.91 Å². The Labute approximate surface area is 184 Å². The summed E-state index contributed by atoms with van der Waals surface area (Å²) in [7, 11) is 0. The maximum atomic E-state index is 13.6. The smallest absolute Gasteiger partial charge is 0.251 e. The van der Waals surface area contributed by atoms with E-state index in [-0.39, 0.29) is 22.6 Å². The zero-order valence-corrected chi connectivity index (χ0v) is 19.5. The van der Waals surface area contributed by atoms with Crippen LogP contribution in [0.4, 0.5) is 5.00 Å². The minimum Gasteiger partial charge on any atom is -0.365 e. The van der Waals surface area contributed by atoms with Gasteiger partial charge in [-0.05, 0) is 92.4 Å². The van der Waals surface area contributed by atoms with Gasteiger partial charge in [-0.2, -0.15) is 0 Å². The van der Waals surface area contributed by atoms with Crippen molar-refractivity contribution >= 4 is 28.2 Å². The number of fused-ring (bicyclic) bond motifs is 1. The van der Waals surface area contributed by atoms with Crippen molar-refractivity contribution in [2.24, 2.45) is 40.2 Å². The van der Waals surface area contributed by atoms with Crippen molar-refractivity contribution in [3.05, 3.63) is 16.0 Å². The standard InChI is InChI=1S/C25H36N2O2S/c1-4-24(2,3)17-5-6-18-19(10-17)30-22(20(18)21(26)28)27-23(29)25-11-14-7-15(12-25)9-16(8-14)13-25/h14-17H,4-13H2,1-3H3,(H2,26,28)(H,27,29)/t14?,15?,16?,17-,25?/m0/s1. The zero-order chi connectivity index (χ0) is 21.3. The molecule has 1 heterocycles. The number of hydrogen-bond acceptors (Lipinski definition) is 3. The molecule has 0 radical (unpaired) electrons. The molecule has 4 fully saturated rings. The SMILES string of the molecule is CCC(C)(C)[C@H]1CCc2c(sc(NC(=O)C34CC5CC(CC(C5)C3)C4)c2C(N)=O)C1. The molecule has 6 rings (SSSR count). The van der Waals surface area contributed by atoms with Crippen LogP contribution in [0, 0.1) is 34.5 Å². The Morgan fingerprint density at radius 2 is 1.73 bits per heavy atom. The molecule has 0 unspecified atom stereocenters. The lowest BCUT2D eigenvalue weighted by atomic mass is 9.49. The van der Waals surface area contributed by atoms with Gasteiger partial charge in [0.05, 0.1) is 11.0 Å². The number of thiophene rings is 1. The van der Waals surface area contributed by atoms with Crippen LogP contribution in [0.15, 0.2) is 0 Å². The van der Waals surface area contributed by atoms with Gasteiger partial charge in [0.25, 0.3) is 5.91 Å². The van der Waals surface area contributed by atoms with Crippen LogP contribution in [0.3, 0.4) is 0 Å². The lowest BCUT2D eigenvalue weighted by Gasteiger charge is -2.55. The fraction of sp³-hybridized carbons (Fsp3) is 0.760. The summed E-state index contributed by atoms with van der Waals surface area (Å²) in [6, 6.07) is 0. The van der Waals surface area contributed by atoms with Crippen LogP contribution < -0.4 is 11.1 Å². The highest BCUT2D eigenvalue weighted by Gasteiger charge is 2.54. The van der Waals surface area contributed by atoms with Crippen molar-refractivity contribution in [2.75, 3.05) is 5.32 Å². The summed E-state index contributed by atoms with van der Waals surface area (Å²) in [6.07, 6.45) is 11.2. The van der Waals surface area contributed by atoms with E-state index < -0.39 is 0 Å². The lowest BCUT2D eigenvalue weighted by molar-refractivity contribution is -0.140. The Kier molecular flexibility index (Phi) is 4.85. The number of amides is 2. The summed E-state index contributed by atoms with van der Waals surface area (Å²) < 4.78 is 0. The van der Waals surface area contributed by atoms with Crippen molar-refractivity contribution in [2.45, 2.75) is 85.0 Å². The van der Waals surface area contributed by atoms with E-state index in [1.54, 1.807) is 11.3 Å². The van der Waals surface area contributed by atoms with Gasteiger partial charge in [-0.1, -0.05) is 27.2 Å². The highest BCUT2D eigenvalue weighted by atomic mass is 32.1. The van der Waals surface area contributed by atoms with Crippen LogP contribution in [0.25, 0.3) is 0 Å². The third kappa shape index (κ3) is 3.23. The van der Waals surface area contributed by atoms with Crippen LogP contribution in [0.1, 0.15) is 92.9 Å². The molecule has 0 aromatic carbocycles. The number of anilines is 1. The Balaban J connectivity index is 1.42. The Morgan fingerprint density at radius 1 is 1.13 bits per heavy atom. The monoisotopic (exact) mass is 428 g/mol. The third-order valence-electron chi connectivity index (χ3n) is 9.28. The average molecular weight is 429 g/mol. The fourth-order valence-electron chi connectivity index (χ4n) is 7.51. The summed E-state index contributed by atoms with van der Waals surface area (Å²) in [6.45, 7) is 6.96. The van der Waals surface area contributed by atoms with Gasteiger partial charge in [-0.15, -0.1) is 11.3 Å². The topological polar surface area (TPSA) is 72.2 Å². The van der Waals surface area contributed by atoms with Crippen LogP contribution in [0.5, 0.6) is 0 Å². The Morgan fingerprint density at radius 3 is 2.27 bits per heavy atom. The summed E-state index contributed by atoms with van der Waals surface area (Å²) in [5, 5.41) is 3.98. The maximum absolute atomic E-state index is 13.6. The molecular formula is C25H36N2O2S. The Bertz CT molecular complexity index is 849. The molecule has 0 aliphatic heterocycles. The number of nitrogens with two attached hydrogens (primary N) is 1. The van der Waals surface area contributed by atoms with Gasteiger partial charge in [0.15, 0.2) is 0 Å². The second-order valence-corrected chi connectivity index (χ2v) is 12.6. The first-order chi connectivity index (χ1) is 14.2. The highest BCUT2D eigenvalue weighted by molar-refractivity contribution is 7.17. The molecule has 4 saturated carbocycles. The van der Waals surface area contributed by atoms with Crippen molar-refractivity contribution in [1.82, 2.24) is 0 Å². The summed E-state index contributed by atoms with van der Waals surface area (Å²) in [5.41, 5.74) is 7.62. The molecule has 1 aromatic rings. The molecule has 5 aliphatic rings. The number of nitrogens with one attached hydrogen (secondary N) is 1. The summed E-state index contributed by atoms with van der Waals surface area (Å²) in [4.78, 5) is 27.2. The normalized spacial score (nSPS) is 34.6. The second kappa shape index (κ2) is 7.08. The third-order valence-corrected chi connectivity index (χ3v) is 10.4. The van der Waals surface area contributed by atoms with Crippen molar-refractivity contribution in [3.8, 4) is 0 Å². The molecule has 164 valence electrons. The van der Waals surface area contributed by atoms with Gasteiger partial charge in [0, 0.05) is 4.88 Å². The van der Waals surface area contributed by atoms with Crippen molar-refractivity contribution < 1.29 is 9.59 Å². The van der Waals surface area contributed by atoms with E-state index in [1.807, 2.05) is 0 Å². The quantitative estimate of drug-likeness (QED) is 0.646. The van der Waals surface area contributed by atoms with Gasteiger partial charge < -0.3 is 11.1 Å². The van der Waals surface area contributed by atoms with Gasteiger partial charge in [0.1, 0.15) is 5.00 Å². The van der Waals surface area contributed by atoms with E-state index in [2.05, 4.69) is 26.1 Å². The van der Waals surface area contributed by atoms with E-state index in [0.29, 0.717) is 11.5 Å². The molecular weight excluding hydrogens is 392 g/mol. The first-order valence-corrected chi connectivity index (χ1v) is 12.8.